The van der Waals surface area contributed by atoms with Crippen molar-refractivity contribution in [1.29, 1.82) is 0 Å². The number of rotatable bonds is 7. The number of amides is 2. The van der Waals surface area contributed by atoms with Crippen LogP contribution in [0, 0.1) is 0 Å². The molecule has 18 heavy (non-hydrogen) atoms. The number of imidazole rings is 1. The monoisotopic (exact) mass is 253 g/mol. The second-order valence-electron chi connectivity index (χ2n) is 3.87. The third-order valence-electron chi connectivity index (χ3n) is 2.48. The highest BCUT2D eigenvalue weighted by Gasteiger charge is 2.20. The fraction of sp³-hybridized carbons (Fsp3) is 0.545. The number of likely N-dealkylation sites (N-methyl/N-ethyl adjacent to an activating group) is 1. The predicted molar refractivity (Wildman–Crippen MR) is 66.8 cm³/mol. The Morgan fingerprint density at radius 3 is 2.78 bits per heavy atom. The van der Waals surface area contributed by atoms with Gasteiger partial charge in [-0.2, -0.15) is 0 Å². The molecule has 1 aromatic rings. The Morgan fingerprint density at radius 2 is 2.22 bits per heavy atom. The summed E-state index contributed by atoms with van der Waals surface area (Å²) in [6.45, 7) is 0.580. The molecule has 0 saturated carbocycles. The Labute approximate surface area is 106 Å². The van der Waals surface area contributed by atoms with E-state index in [0.717, 1.165) is 5.69 Å². The summed E-state index contributed by atoms with van der Waals surface area (Å²) in [5.74, 6) is -0.375. The van der Waals surface area contributed by atoms with Gasteiger partial charge < -0.3 is 20.9 Å². The number of carbonyl (C=O) groups excluding carboxylic acids is 2. The van der Waals surface area contributed by atoms with Crippen LogP contribution in [0.25, 0.3) is 0 Å². The highest BCUT2D eigenvalue weighted by Crippen LogP contribution is 1.99. The van der Waals surface area contributed by atoms with Crippen LogP contribution in [-0.4, -0.2) is 48.5 Å². The second kappa shape index (κ2) is 7.44. The van der Waals surface area contributed by atoms with Crippen molar-refractivity contribution < 1.29 is 9.59 Å². The molecular formula is C11H19N5O2. The van der Waals surface area contributed by atoms with Crippen molar-refractivity contribution in [2.24, 2.45) is 0 Å². The molecule has 0 spiro atoms. The quantitative estimate of drug-likeness (QED) is 0.490. The van der Waals surface area contributed by atoms with E-state index in [0.29, 0.717) is 19.4 Å². The fourth-order valence-electron chi connectivity index (χ4n) is 1.50. The zero-order valence-corrected chi connectivity index (χ0v) is 10.6. The van der Waals surface area contributed by atoms with Crippen LogP contribution in [0.5, 0.6) is 0 Å². The molecule has 0 saturated heterocycles. The molecule has 7 nitrogen and oxygen atoms in total. The molecule has 0 radical (unpaired) electrons. The van der Waals surface area contributed by atoms with Gasteiger partial charge in [-0.05, 0) is 7.05 Å². The molecular weight excluding hydrogens is 234 g/mol. The first kappa shape index (κ1) is 14.2. The Balaban J connectivity index is 2.55. The van der Waals surface area contributed by atoms with E-state index in [4.69, 9.17) is 0 Å². The van der Waals surface area contributed by atoms with Crippen LogP contribution in [0.1, 0.15) is 12.1 Å². The third-order valence-corrected chi connectivity index (χ3v) is 2.48. The van der Waals surface area contributed by atoms with Crippen molar-refractivity contribution in [2.75, 3.05) is 20.6 Å². The molecule has 0 aliphatic rings. The van der Waals surface area contributed by atoms with Gasteiger partial charge in [-0.25, -0.2) is 4.98 Å². The average Bonchev–Trinajstić information content (AvgIpc) is 2.87. The lowest BCUT2D eigenvalue weighted by molar-refractivity contribution is -0.128. The van der Waals surface area contributed by atoms with E-state index in [2.05, 4.69) is 25.9 Å². The molecule has 0 bridgehead atoms. The van der Waals surface area contributed by atoms with Crippen molar-refractivity contribution in [1.82, 2.24) is 25.9 Å². The number of hydrogen-bond acceptors (Lipinski definition) is 4. The molecule has 100 valence electrons. The van der Waals surface area contributed by atoms with Crippen LogP contribution >= 0.6 is 0 Å². The average molecular weight is 253 g/mol. The number of hydrogen-bond donors (Lipinski definition) is 4. The number of nitrogens with one attached hydrogen (secondary N) is 4. The molecule has 4 N–H and O–H groups in total. The van der Waals surface area contributed by atoms with E-state index in [-0.39, 0.29) is 11.8 Å². The molecule has 0 fully saturated rings. The van der Waals surface area contributed by atoms with Crippen LogP contribution in [0.3, 0.4) is 0 Å². The Morgan fingerprint density at radius 1 is 1.44 bits per heavy atom. The van der Waals surface area contributed by atoms with Gasteiger partial charge in [0, 0.05) is 38.3 Å². The maximum Gasteiger partial charge on any atom is 0.242 e. The van der Waals surface area contributed by atoms with Gasteiger partial charge in [-0.3, -0.25) is 9.59 Å². The summed E-state index contributed by atoms with van der Waals surface area (Å²) in [5.41, 5.74) is 0.803. The number of aromatic amines is 1. The minimum atomic E-state index is -0.584. The lowest BCUT2D eigenvalue weighted by Crippen LogP contribution is -2.47. The van der Waals surface area contributed by atoms with Gasteiger partial charge in [0.05, 0.1) is 6.33 Å². The van der Waals surface area contributed by atoms with Gasteiger partial charge in [0.25, 0.3) is 0 Å². The van der Waals surface area contributed by atoms with E-state index in [1.54, 1.807) is 26.6 Å². The van der Waals surface area contributed by atoms with Crippen molar-refractivity contribution in [3.8, 4) is 0 Å². The third kappa shape index (κ3) is 4.54. The van der Waals surface area contributed by atoms with Gasteiger partial charge in [0.15, 0.2) is 0 Å². The summed E-state index contributed by atoms with van der Waals surface area (Å²) >= 11 is 0. The number of nitrogens with zero attached hydrogens (tertiary/aromatic N) is 1. The van der Waals surface area contributed by atoms with Crippen LogP contribution in [-0.2, 0) is 16.0 Å². The normalized spacial score (nSPS) is 11.9. The predicted octanol–water partition coefficient (Wildman–Crippen LogP) is -1.21. The summed E-state index contributed by atoms with van der Waals surface area (Å²) in [7, 11) is 3.32. The first-order chi connectivity index (χ1) is 8.67. The van der Waals surface area contributed by atoms with Crippen LogP contribution < -0.4 is 16.0 Å². The highest BCUT2D eigenvalue weighted by atomic mass is 16.2. The fourth-order valence-corrected chi connectivity index (χ4v) is 1.50. The highest BCUT2D eigenvalue weighted by molar-refractivity contribution is 5.87. The Hall–Kier alpha value is -1.89. The SMILES string of the molecule is CNCCC(=O)NC(Cc1cnc[nH]1)C(=O)NC. The molecule has 0 aromatic carbocycles. The van der Waals surface area contributed by atoms with E-state index >= 15 is 0 Å². The molecule has 1 atom stereocenters. The summed E-state index contributed by atoms with van der Waals surface area (Å²) in [5, 5.41) is 8.12. The molecule has 0 aliphatic heterocycles. The van der Waals surface area contributed by atoms with Crippen molar-refractivity contribution in [3.63, 3.8) is 0 Å². The van der Waals surface area contributed by atoms with Crippen molar-refractivity contribution >= 4 is 11.8 Å². The number of aromatic nitrogens is 2. The molecule has 1 heterocycles. The van der Waals surface area contributed by atoms with Crippen molar-refractivity contribution in [2.45, 2.75) is 18.9 Å². The van der Waals surface area contributed by atoms with E-state index in [1.807, 2.05) is 0 Å². The first-order valence-corrected chi connectivity index (χ1v) is 5.80. The maximum absolute atomic E-state index is 11.7. The zero-order chi connectivity index (χ0) is 13.4. The van der Waals surface area contributed by atoms with E-state index in [9.17, 15) is 9.59 Å². The van der Waals surface area contributed by atoms with Gasteiger partial charge >= 0.3 is 0 Å². The maximum atomic E-state index is 11.7. The first-order valence-electron chi connectivity index (χ1n) is 5.80. The largest absolute Gasteiger partial charge is 0.357 e. The minimum absolute atomic E-state index is 0.155. The summed E-state index contributed by atoms with van der Waals surface area (Å²) < 4.78 is 0. The van der Waals surface area contributed by atoms with Gasteiger partial charge in [0.1, 0.15) is 6.04 Å². The van der Waals surface area contributed by atoms with Gasteiger partial charge in [0.2, 0.25) is 11.8 Å². The van der Waals surface area contributed by atoms with Crippen LogP contribution in [0.15, 0.2) is 12.5 Å². The lowest BCUT2D eigenvalue weighted by Gasteiger charge is -2.16. The molecule has 1 rings (SSSR count). The van der Waals surface area contributed by atoms with E-state index < -0.39 is 6.04 Å². The summed E-state index contributed by atoms with van der Waals surface area (Å²) in [6, 6.07) is -0.584. The van der Waals surface area contributed by atoms with Crippen LogP contribution in [0.2, 0.25) is 0 Å². The van der Waals surface area contributed by atoms with Gasteiger partial charge in [-0.1, -0.05) is 0 Å². The summed E-state index contributed by atoms with van der Waals surface area (Å²) in [6.07, 6.45) is 3.91. The standard InChI is InChI=1S/C11H19N5O2/c1-12-4-3-10(17)16-9(11(18)13-2)5-8-6-14-7-15-8/h6-7,9,12H,3-5H2,1-2H3,(H,13,18)(H,14,15)(H,16,17). The molecule has 7 heteroatoms. The smallest absolute Gasteiger partial charge is 0.242 e. The van der Waals surface area contributed by atoms with Crippen LogP contribution in [0.4, 0.5) is 0 Å². The Bertz CT molecular complexity index is 377. The van der Waals surface area contributed by atoms with E-state index in [1.165, 1.54) is 0 Å². The topological polar surface area (TPSA) is 98.9 Å². The Kier molecular flexibility index (Phi) is 5.86. The molecule has 1 aromatic heterocycles. The van der Waals surface area contributed by atoms with Gasteiger partial charge in [-0.15, -0.1) is 0 Å². The summed E-state index contributed by atoms with van der Waals surface area (Å²) in [4.78, 5) is 30.1. The molecule has 1 unspecified atom stereocenters. The minimum Gasteiger partial charge on any atom is -0.357 e. The zero-order valence-electron chi connectivity index (χ0n) is 10.6. The number of H-pyrrole nitrogens is 1. The lowest BCUT2D eigenvalue weighted by atomic mass is 10.1. The molecule has 0 aliphatic carbocycles. The second-order valence-corrected chi connectivity index (χ2v) is 3.87. The number of carbonyl (C=O) groups is 2. The van der Waals surface area contributed by atoms with Crippen molar-refractivity contribution in [3.05, 3.63) is 18.2 Å². The molecule has 2 amide bonds.